The number of aromatic nitrogens is 1. The second-order valence-electron chi connectivity index (χ2n) is 9.13. The van der Waals surface area contributed by atoms with Crippen LogP contribution in [-0.4, -0.2) is 24.3 Å². The van der Waals surface area contributed by atoms with Gasteiger partial charge in [0, 0.05) is 5.56 Å². The van der Waals surface area contributed by atoms with E-state index in [1.807, 2.05) is 72.8 Å². The Kier molecular flexibility index (Phi) is 9.29. The number of carbonyl (C=O) groups excluding carboxylic acids is 1. The fourth-order valence-electron chi connectivity index (χ4n) is 4.66. The van der Waals surface area contributed by atoms with Crippen LogP contribution in [0.25, 0.3) is 6.08 Å². The Balaban J connectivity index is 1.59. The highest BCUT2D eigenvalue weighted by molar-refractivity contribution is 14.1. The molecule has 3 aromatic carbocycles. The average molecular weight is 792 g/mol. The van der Waals surface area contributed by atoms with Crippen molar-refractivity contribution in [2.45, 2.75) is 26.5 Å². The second kappa shape index (κ2) is 12.9. The molecular weight excluding hydrogens is 766 g/mol. The predicted octanol–water partition coefficient (Wildman–Crippen LogP) is 5.60. The number of para-hydroxylation sites is 1. The molecule has 1 aliphatic rings. The molecular formula is C31H26I2N2O5S. The number of benzene rings is 3. The summed E-state index contributed by atoms with van der Waals surface area (Å²) in [6.07, 6.45) is 1.86. The molecule has 1 aromatic heterocycles. The van der Waals surface area contributed by atoms with Gasteiger partial charge in [0.15, 0.2) is 4.80 Å². The van der Waals surface area contributed by atoms with Crippen molar-refractivity contribution in [3.63, 3.8) is 0 Å². The minimum Gasteiger partial charge on any atom is -0.496 e. The summed E-state index contributed by atoms with van der Waals surface area (Å²) in [5.41, 5.74) is 3.23. The minimum absolute atomic E-state index is 0.209. The molecule has 210 valence electrons. The van der Waals surface area contributed by atoms with E-state index in [0.29, 0.717) is 38.5 Å². The number of methoxy groups -OCH3 is 1. The van der Waals surface area contributed by atoms with Crippen LogP contribution in [0.1, 0.15) is 36.6 Å². The highest BCUT2D eigenvalue weighted by Crippen LogP contribution is 2.36. The van der Waals surface area contributed by atoms with Crippen molar-refractivity contribution < 1.29 is 19.0 Å². The van der Waals surface area contributed by atoms with E-state index in [4.69, 9.17) is 14.2 Å². The van der Waals surface area contributed by atoms with Crippen LogP contribution in [0.15, 0.2) is 87.8 Å². The van der Waals surface area contributed by atoms with Gasteiger partial charge < -0.3 is 14.2 Å². The molecule has 0 radical (unpaired) electrons. The normalized spacial score (nSPS) is 14.9. The van der Waals surface area contributed by atoms with Crippen LogP contribution >= 0.6 is 56.5 Å². The summed E-state index contributed by atoms with van der Waals surface area (Å²) < 4.78 is 21.1. The van der Waals surface area contributed by atoms with Gasteiger partial charge in [0.25, 0.3) is 5.56 Å². The Hall–Kier alpha value is -2.97. The predicted molar refractivity (Wildman–Crippen MR) is 176 cm³/mol. The molecule has 4 aromatic rings. The number of halogens is 2. The summed E-state index contributed by atoms with van der Waals surface area (Å²) in [4.78, 5) is 32.3. The molecule has 0 unspecified atom stereocenters. The standard InChI is InChI=1S/C31H26I2N2O5S/c1-4-39-30(37)26-18(2)34-31-35(27(26)21-12-8-9-13-24(21)38-3)29(36)25(41-31)16-20-14-22(32)28(23(33)15-20)40-17-19-10-6-5-7-11-19/h5-16,27H,4,17H2,1-3H3/b25-16+/t27-/m0/s1. The van der Waals surface area contributed by atoms with Gasteiger partial charge in [-0.15, -0.1) is 0 Å². The van der Waals surface area contributed by atoms with Crippen LogP contribution in [0.4, 0.5) is 0 Å². The summed E-state index contributed by atoms with van der Waals surface area (Å²) in [5.74, 6) is 0.868. The van der Waals surface area contributed by atoms with Crippen molar-refractivity contribution in [1.82, 2.24) is 4.57 Å². The molecule has 2 heterocycles. The number of hydrogen-bond acceptors (Lipinski definition) is 7. The zero-order valence-corrected chi connectivity index (χ0v) is 27.7. The Morgan fingerprint density at radius 2 is 1.76 bits per heavy atom. The Labute approximate surface area is 268 Å². The maximum absolute atomic E-state index is 14.0. The second-order valence-corrected chi connectivity index (χ2v) is 12.5. The van der Waals surface area contributed by atoms with Crippen molar-refractivity contribution >= 4 is 68.6 Å². The number of rotatable bonds is 8. The third-order valence-electron chi connectivity index (χ3n) is 6.49. The molecule has 5 rings (SSSR count). The van der Waals surface area contributed by atoms with Crippen molar-refractivity contribution in [3.05, 3.63) is 122 Å². The van der Waals surface area contributed by atoms with E-state index in [1.54, 1.807) is 25.5 Å². The smallest absolute Gasteiger partial charge is 0.338 e. The molecule has 0 spiro atoms. The zero-order valence-electron chi connectivity index (χ0n) is 22.5. The molecule has 0 N–H and O–H groups in total. The van der Waals surface area contributed by atoms with Crippen LogP contribution in [0.3, 0.4) is 0 Å². The number of nitrogens with zero attached hydrogens (tertiary/aromatic N) is 2. The molecule has 0 bridgehead atoms. The summed E-state index contributed by atoms with van der Waals surface area (Å²) in [5, 5.41) is 0. The lowest BCUT2D eigenvalue weighted by Crippen LogP contribution is -2.40. The largest absolute Gasteiger partial charge is 0.496 e. The minimum atomic E-state index is -0.738. The maximum Gasteiger partial charge on any atom is 0.338 e. The number of esters is 1. The average Bonchev–Trinajstić information content (AvgIpc) is 3.26. The van der Waals surface area contributed by atoms with Gasteiger partial charge in [0.05, 0.1) is 36.7 Å². The first-order valence-electron chi connectivity index (χ1n) is 12.8. The van der Waals surface area contributed by atoms with Gasteiger partial charge in [-0.3, -0.25) is 9.36 Å². The highest BCUT2D eigenvalue weighted by Gasteiger charge is 2.35. The van der Waals surface area contributed by atoms with E-state index in [-0.39, 0.29) is 12.2 Å². The van der Waals surface area contributed by atoms with Gasteiger partial charge in [-0.05, 0) is 94.4 Å². The fourth-order valence-corrected chi connectivity index (χ4v) is 7.83. The van der Waals surface area contributed by atoms with Crippen molar-refractivity contribution in [1.29, 1.82) is 0 Å². The van der Waals surface area contributed by atoms with Gasteiger partial charge in [-0.1, -0.05) is 59.9 Å². The number of thiazole rings is 1. The molecule has 0 saturated heterocycles. The monoisotopic (exact) mass is 792 g/mol. The summed E-state index contributed by atoms with van der Waals surface area (Å²) >= 11 is 5.81. The first kappa shape index (κ1) is 29.5. The van der Waals surface area contributed by atoms with E-state index in [1.165, 1.54) is 11.3 Å². The van der Waals surface area contributed by atoms with Gasteiger partial charge in [0.2, 0.25) is 0 Å². The molecule has 0 saturated carbocycles. The van der Waals surface area contributed by atoms with Crippen LogP contribution in [0.2, 0.25) is 0 Å². The molecule has 0 aliphatic carbocycles. The van der Waals surface area contributed by atoms with Crippen LogP contribution in [-0.2, 0) is 16.1 Å². The quantitative estimate of drug-likeness (QED) is 0.172. The van der Waals surface area contributed by atoms with Gasteiger partial charge in [-0.25, -0.2) is 9.79 Å². The van der Waals surface area contributed by atoms with E-state index >= 15 is 0 Å². The third kappa shape index (κ3) is 6.14. The molecule has 1 aliphatic heterocycles. The Bertz CT molecular complexity index is 1810. The number of allylic oxidation sites excluding steroid dienone is 1. The number of fused-ring (bicyclic) bond motifs is 1. The number of carbonyl (C=O) groups is 1. The van der Waals surface area contributed by atoms with Crippen molar-refractivity contribution in [2.24, 2.45) is 4.99 Å². The van der Waals surface area contributed by atoms with E-state index in [9.17, 15) is 9.59 Å². The first-order valence-corrected chi connectivity index (χ1v) is 15.8. The van der Waals surface area contributed by atoms with E-state index in [0.717, 1.165) is 24.0 Å². The lowest BCUT2D eigenvalue weighted by atomic mass is 9.95. The molecule has 10 heteroatoms. The van der Waals surface area contributed by atoms with Crippen LogP contribution in [0.5, 0.6) is 11.5 Å². The fraction of sp³-hybridized carbons (Fsp3) is 0.194. The van der Waals surface area contributed by atoms with E-state index in [2.05, 4.69) is 50.2 Å². The molecule has 7 nitrogen and oxygen atoms in total. The van der Waals surface area contributed by atoms with Crippen molar-refractivity contribution in [2.75, 3.05) is 13.7 Å². The van der Waals surface area contributed by atoms with Gasteiger partial charge >= 0.3 is 5.97 Å². The lowest BCUT2D eigenvalue weighted by Gasteiger charge is -2.25. The first-order chi connectivity index (χ1) is 19.8. The lowest BCUT2D eigenvalue weighted by molar-refractivity contribution is -0.139. The topological polar surface area (TPSA) is 79.1 Å². The summed E-state index contributed by atoms with van der Waals surface area (Å²) in [6.45, 7) is 4.20. The van der Waals surface area contributed by atoms with E-state index < -0.39 is 12.0 Å². The molecule has 0 amide bonds. The Morgan fingerprint density at radius 1 is 1.07 bits per heavy atom. The van der Waals surface area contributed by atoms with Crippen LogP contribution < -0.4 is 24.4 Å². The van der Waals surface area contributed by atoms with Gasteiger partial charge in [-0.2, -0.15) is 0 Å². The number of hydrogen-bond donors (Lipinski definition) is 0. The Morgan fingerprint density at radius 3 is 2.44 bits per heavy atom. The third-order valence-corrected chi connectivity index (χ3v) is 9.08. The number of ether oxygens (including phenoxy) is 3. The van der Waals surface area contributed by atoms with Crippen molar-refractivity contribution in [3.8, 4) is 11.5 Å². The SMILES string of the molecule is CCOC(=O)C1=C(C)N=c2s/c(=C/c3cc(I)c(OCc4ccccc4)c(I)c3)c(=O)n2[C@H]1c1ccccc1OC. The van der Waals surface area contributed by atoms with Crippen LogP contribution in [0, 0.1) is 7.14 Å². The molecule has 41 heavy (non-hydrogen) atoms. The molecule has 0 fully saturated rings. The molecule has 1 atom stereocenters. The summed E-state index contributed by atoms with van der Waals surface area (Å²) in [6, 6.07) is 20.6. The zero-order chi connectivity index (χ0) is 29.1. The van der Waals surface area contributed by atoms with Gasteiger partial charge in [0.1, 0.15) is 24.1 Å². The maximum atomic E-state index is 14.0. The summed E-state index contributed by atoms with van der Waals surface area (Å²) in [7, 11) is 1.57. The highest BCUT2D eigenvalue weighted by atomic mass is 127.